The highest BCUT2D eigenvalue weighted by Gasteiger charge is 2.23. The fourth-order valence-corrected chi connectivity index (χ4v) is 2.48. The molecule has 0 aliphatic carbocycles. The Morgan fingerprint density at radius 3 is 2.74 bits per heavy atom. The van der Waals surface area contributed by atoms with Crippen LogP contribution in [-0.4, -0.2) is 48.9 Å². The molecule has 126 valence electrons. The van der Waals surface area contributed by atoms with E-state index in [2.05, 4.69) is 5.32 Å². The second kappa shape index (κ2) is 8.64. The number of carboxylic acid groups (broad SMARTS) is 1. The zero-order valence-electron chi connectivity index (χ0n) is 13.2. The molecule has 1 saturated heterocycles. The first kappa shape index (κ1) is 17.4. The highest BCUT2D eigenvalue weighted by molar-refractivity contribution is 5.82. The Morgan fingerprint density at radius 2 is 2.13 bits per heavy atom. The number of rotatable bonds is 8. The number of nitrogens with one attached hydrogen (secondary N) is 1. The molecule has 0 bridgehead atoms. The molecule has 6 heteroatoms. The van der Waals surface area contributed by atoms with Gasteiger partial charge in [-0.2, -0.15) is 0 Å². The average Bonchev–Trinajstić information content (AvgIpc) is 3.06. The first-order valence-electron chi connectivity index (χ1n) is 7.86. The van der Waals surface area contributed by atoms with Crippen molar-refractivity contribution in [3.63, 3.8) is 0 Å². The van der Waals surface area contributed by atoms with Gasteiger partial charge in [0.2, 0.25) is 5.91 Å². The summed E-state index contributed by atoms with van der Waals surface area (Å²) in [4.78, 5) is 23.4. The zero-order valence-corrected chi connectivity index (χ0v) is 13.2. The Hall–Kier alpha value is -1.92. The number of carbonyl (C=O) groups is 2. The van der Waals surface area contributed by atoms with E-state index in [-0.39, 0.29) is 18.6 Å². The van der Waals surface area contributed by atoms with Crippen molar-refractivity contribution in [3.8, 4) is 0 Å². The van der Waals surface area contributed by atoms with Gasteiger partial charge in [-0.05, 0) is 25.3 Å². The van der Waals surface area contributed by atoms with Gasteiger partial charge < -0.3 is 19.9 Å². The quantitative estimate of drug-likeness (QED) is 0.759. The fraction of sp³-hybridized carbons (Fsp3) is 0.529. The van der Waals surface area contributed by atoms with Crippen molar-refractivity contribution in [2.45, 2.75) is 37.9 Å². The molecule has 3 unspecified atom stereocenters. The van der Waals surface area contributed by atoms with E-state index in [4.69, 9.17) is 9.47 Å². The third-order valence-corrected chi connectivity index (χ3v) is 3.91. The van der Waals surface area contributed by atoms with E-state index in [0.717, 1.165) is 19.4 Å². The summed E-state index contributed by atoms with van der Waals surface area (Å²) in [5.74, 6) is -2.06. The number of aliphatic carboxylic acids is 1. The Balaban J connectivity index is 1.80. The first-order valence-corrected chi connectivity index (χ1v) is 7.86. The molecule has 6 nitrogen and oxygen atoms in total. The summed E-state index contributed by atoms with van der Waals surface area (Å²) in [7, 11) is 0. The van der Waals surface area contributed by atoms with Crippen LogP contribution in [-0.2, 0) is 19.1 Å². The van der Waals surface area contributed by atoms with Gasteiger partial charge in [0.25, 0.3) is 0 Å². The molecule has 2 rings (SSSR count). The van der Waals surface area contributed by atoms with Gasteiger partial charge in [0, 0.05) is 13.2 Å². The second-order valence-electron chi connectivity index (χ2n) is 5.66. The minimum Gasteiger partial charge on any atom is -0.481 e. The van der Waals surface area contributed by atoms with Crippen molar-refractivity contribution < 1.29 is 24.2 Å². The molecule has 0 saturated carbocycles. The molecule has 1 aromatic rings. The molecule has 3 atom stereocenters. The normalized spacial score (nSPS) is 20.0. The van der Waals surface area contributed by atoms with Crippen LogP contribution in [0.4, 0.5) is 0 Å². The number of carbonyl (C=O) groups excluding carboxylic acids is 1. The summed E-state index contributed by atoms with van der Waals surface area (Å²) in [6, 6.07) is 8.85. The molecule has 0 radical (unpaired) electrons. The maximum atomic E-state index is 12.0. The summed E-state index contributed by atoms with van der Waals surface area (Å²) in [6.45, 7) is 2.82. The lowest BCUT2D eigenvalue weighted by Gasteiger charge is -2.18. The molecule has 23 heavy (non-hydrogen) atoms. The van der Waals surface area contributed by atoms with Gasteiger partial charge >= 0.3 is 5.97 Å². The van der Waals surface area contributed by atoms with Gasteiger partial charge in [-0.1, -0.05) is 30.3 Å². The predicted octanol–water partition coefficient (Wildman–Crippen LogP) is 1.56. The van der Waals surface area contributed by atoms with Crippen LogP contribution in [0.3, 0.4) is 0 Å². The zero-order chi connectivity index (χ0) is 16.7. The molecule has 1 fully saturated rings. The molecule has 1 aromatic carbocycles. The average molecular weight is 321 g/mol. The van der Waals surface area contributed by atoms with Crippen molar-refractivity contribution in [1.82, 2.24) is 5.32 Å². The minimum atomic E-state index is -0.968. The standard InChI is InChI=1S/C17H23NO5/c1-12(23-11-14-8-5-9-22-14)16(19)18-10-15(17(20)21)13-6-3-2-4-7-13/h2-4,6-7,12,14-15H,5,8-11H2,1H3,(H,18,19)(H,20,21). The van der Waals surface area contributed by atoms with Crippen LogP contribution in [0.1, 0.15) is 31.2 Å². The summed E-state index contributed by atoms with van der Waals surface area (Å²) in [6.07, 6.45) is 1.39. The number of benzene rings is 1. The van der Waals surface area contributed by atoms with E-state index in [1.807, 2.05) is 6.07 Å². The molecule has 1 aliphatic heterocycles. The van der Waals surface area contributed by atoms with Crippen LogP contribution in [0, 0.1) is 0 Å². The van der Waals surface area contributed by atoms with Crippen LogP contribution in [0.25, 0.3) is 0 Å². The van der Waals surface area contributed by atoms with Crippen LogP contribution >= 0.6 is 0 Å². The molecular weight excluding hydrogens is 298 g/mol. The number of hydrogen-bond donors (Lipinski definition) is 2. The summed E-state index contributed by atoms with van der Waals surface area (Å²) in [5, 5.41) is 12.0. The van der Waals surface area contributed by atoms with Crippen LogP contribution in [0.2, 0.25) is 0 Å². The van der Waals surface area contributed by atoms with Gasteiger partial charge in [-0.3, -0.25) is 9.59 Å². The Labute approximate surface area is 135 Å². The summed E-state index contributed by atoms with van der Waals surface area (Å²) >= 11 is 0. The van der Waals surface area contributed by atoms with Crippen molar-refractivity contribution in [3.05, 3.63) is 35.9 Å². The number of amides is 1. The van der Waals surface area contributed by atoms with Crippen molar-refractivity contribution in [1.29, 1.82) is 0 Å². The van der Waals surface area contributed by atoms with E-state index >= 15 is 0 Å². The number of ether oxygens (including phenoxy) is 2. The maximum Gasteiger partial charge on any atom is 0.312 e. The lowest BCUT2D eigenvalue weighted by Crippen LogP contribution is -2.39. The SMILES string of the molecule is CC(OCC1CCCO1)C(=O)NCC(C(=O)O)c1ccccc1. The highest BCUT2D eigenvalue weighted by atomic mass is 16.5. The van der Waals surface area contributed by atoms with E-state index < -0.39 is 18.0 Å². The lowest BCUT2D eigenvalue weighted by atomic mass is 9.99. The van der Waals surface area contributed by atoms with Gasteiger partial charge in [0.15, 0.2) is 0 Å². The fourth-order valence-electron chi connectivity index (χ4n) is 2.48. The molecule has 1 heterocycles. The first-order chi connectivity index (χ1) is 11.1. The van der Waals surface area contributed by atoms with Crippen molar-refractivity contribution >= 4 is 11.9 Å². The van der Waals surface area contributed by atoms with Crippen LogP contribution < -0.4 is 5.32 Å². The smallest absolute Gasteiger partial charge is 0.312 e. The highest BCUT2D eigenvalue weighted by Crippen LogP contribution is 2.15. The lowest BCUT2D eigenvalue weighted by molar-refractivity contribution is -0.139. The largest absolute Gasteiger partial charge is 0.481 e. The third kappa shape index (κ3) is 5.33. The van der Waals surface area contributed by atoms with Gasteiger partial charge in [-0.15, -0.1) is 0 Å². The molecule has 0 aromatic heterocycles. The number of carboxylic acids is 1. The monoisotopic (exact) mass is 321 g/mol. The maximum absolute atomic E-state index is 12.0. The summed E-state index contributed by atoms with van der Waals surface area (Å²) < 4.78 is 10.9. The van der Waals surface area contributed by atoms with E-state index in [9.17, 15) is 14.7 Å². The minimum absolute atomic E-state index is 0.0335. The van der Waals surface area contributed by atoms with Crippen LogP contribution in [0.5, 0.6) is 0 Å². The van der Waals surface area contributed by atoms with Gasteiger partial charge in [0.05, 0.1) is 18.6 Å². The van der Waals surface area contributed by atoms with Gasteiger partial charge in [-0.25, -0.2) is 0 Å². The topological polar surface area (TPSA) is 84.9 Å². The molecule has 0 spiro atoms. The molecular formula is C17H23NO5. The van der Waals surface area contributed by atoms with E-state index in [0.29, 0.717) is 12.2 Å². The Kier molecular flexibility index (Phi) is 6.55. The molecule has 2 N–H and O–H groups in total. The van der Waals surface area contributed by atoms with Crippen LogP contribution in [0.15, 0.2) is 30.3 Å². The molecule has 1 aliphatic rings. The molecule has 1 amide bonds. The van der Waals surface area contributed by atoms with Gasteiger partial charge in [0.1, 0.15) is 6.10 Å². The predicted molar refractivity (Wildman–Crippen MR) is 84.2 cm³/mol. The van der Waals surface area contributed by atoms with E-state index in [1.165, 1.54) is 0 Å². The van der Waals surface area contributed by atoms with E-state index in [1.54, 1.807) is 31.2 Å². The Bertz CT molecular complexity index is 513. The third-order valence-electron chi connectivity index (χ3n) is 3.91. The van der Waals surface area contributed by atoms with Crippen molar-refractivity contribution in [2.24, 2.45) is 0 Å². The second-order valence-corrected chi connectivity index (χ2v) is 5.66. The Morgan fingerprint density at radius 1 is 1.39 bits per heavy atom. The number of hydrogen-bond acceptors (Lipinski definition) is 4. The summed E-state index contributed by atoms with van der Waals surface area (Å²) in [5.41, 5.74) is 0.660. The van der Waals surface area contributed by atoms with Crippen molar-refractivity contribution in [2.75, 3.05) is 19.8 Å².